The maximum Gasteiger partial charge on any atom is 0.0815 e. The van der Waals surface area contributed by atoms with Crippen LogP contribution in [0.5, 0.6) is 0 Å². The minimum atomic E-state index is -1.09. The molecule has 0 amide bonds. The second-order valence-electron chi connectivity index (χ2n) is 3.97. The van der Waals surface area contributed by atoms with Crippen molar-refractivity contribution < 1.29 is 9.90 Å². The standard InChI is InChI=1S/C14H14O2S/c1-3-10-8-12(14(15)16)17-13(10)11-6-4-9(2)5-7-11/h4-8H,3H2,1-2H3,(H,15,16)/p-1. The molecule has 2 rings (SSSR count). The first kappa shape index (κ1) is 11.9. The second-order valence-corrected chi connectivity index (χ2v) is 5.02. The highest BCUT2D eigenvalue weighted by Gasteiger charge is 2.10. The molecule has 0 radical (unpaired) electrons. The maximum absolute atomic E-state index is 10.9. The molecular formula is C14H13O2S-. The normalized spacial score (nSPS) is 10.5. The lowest BCUT2D eigenvalue weighted by molar-refractivity contribution is -0.254. The zero-order valence-electron chi connectivity index (χ0n) is 9.82. The van der Waals surface area contributed by atoms with E-state index < -0.39 is 5.97 Å². The molecule has 0 saturated carbocycles. The van der Waals surface area contributed by atoms with Crippen LogP contribution in [-0.2, 0) is 6.42 Å². The third-order valence-corrected chi connectivity index (χ3v) is 3.91. The summed E-state index contributed by atoms with van der Waals surface area (Å²) in [6.45, 7) is 4.06. The summed E-state index contributed by atoms with van der Waals surface area (Å²) in [7, 11) is 0. The van der Waals surface area contributed by atoms with Crippen molar-refractivity contribution in [2.75, 3.05) is 0 Å². The second kappa shape index (κ2) is 4.72. The lowest BCUT2D eigenvalue weighted by atomic mass is 10.1. The van der Waals surface area contributed by atoms with Crippen LogP contribution in [0.15, 0.2) is 30.3 Å². The minimum Gasteiger partial charge on any atom is -0.544 e. The lowest BCUT2D eigenvalue weighted by Gasteiger charge is -2.01. The zero-order chi connectivity index (χ0) is 12.4. The van der Waals surface area contributed by atoms with Crippen LogP contribution in [0.1, 0.15) is 27.7 Å². The number of thiophene rings is 1. The predicted octanol–water partition coefficient (Wildman–Crippen LogP) is 2.65. The monoisotopic (exact) mass is 245 g/mol. The zero-order valence-corrected chi connectivity index (χ0v) is 10.6. The van der Waals surface area contributed by atoms with Crippen molar-refractivity contribution >= 4 is 17.3 Å². The van der Waals surface area contributed by atoms with E-state index in [1.54, 1.807) is 6.07 Å². The van der Waals surface area contributed by atoms with E-state index in [1.165, 1.54) is 16.9 Å². The molecule has 3 heteroatoms. The highest BCUT2D eigenvalue weighted by molar-refractivity contribution is 7.17. The van der Waals surface area contributed by atoms with E-state index >= 15 is 0 Å². The van der Waals surface area contributed by atoms with Gasteiger partial charge in [-0.25, -0.2) is 0 Å². The predicted molar refractivity (Wildman–Crippen MR) is 68.2 cm³/mol. The topological polar surface area (TPSA) is 40.1 Å². The number of benzene rings is 1. The Balaban J connectivity index is 2.50. The first-order chi connectivity index (χ1) is 8.11. The molecule has 1 heterocycles. The van der Waals surface area contributed by atoms with Gasteiger partial charge in [0.2, 0.25) is 0 Å². The van der Waals surface area contributed by atoms with Crippen molar-refractivity contribution in [3.8, 4) is 10.4 Å². The Morgan fingerprint density at radius 1 is 1.29 bits per heavy atom. The van der Waals surface area contributed by atoms with E-state index in [4.69, 9.17) is 0 Å². The number of aryl methyl sites for hydroxylation is 2. The molecule has 0 bridgehead atoms. The molecule has 17 heavy (non-hydrogen) atoms. The van der Waals surface area contributed by atoms with E-state index in [2.05, 4.69) is 0 Å². The quantitative estimate of drug-likeness (QED) is 0.834. The molecule has 2 nitrogen and oxygen atoms in total. The van der Waals surface area contributed by atoms with Crippen LogP contribution in [0.4, 0.5) is 0 Å². The smallest absolute Gasteiger partial charge is 0.0815 e. The van der Waals surface area contributed by atoms with Gasteiger partial charge in [0.25, 0.3) is 0 Å². The number of rotatable bonds is 3. The van der Waals surface area contributed by atoms with E-state index in [-0.39, 0.29) is 0 Å². The number of carboxylic acid groups (broad SMARTS) is 1. The summed E-state index contributed by atoms with van der Waals surface area (Å²) in [6, 6.07) is 9.84. The van der Waals surface area contributed by atoms with E-state index in [0.717, 1.165) is 22.4 Å². The van der Waals surface area contributed by atoms with Crippen LogP contribution in [0.25, 0.3) is 10.4 Å². The van der Waals surface area contributed by atoms with Gasteiger partial charge in [0.15, 0.2) is 0 Å². The maximum atomic E-state index is 10.9. The Morgan fingerprint density at radius 2 is 1.94 bits per heavy atom. The fourth-order valence-electron chi connectivity index (χ4n) is 1.74. The fraction of sp³-hybridized carbons (Fsp3) is 0.214. The van der Waals surface area contributed by atoms with E-state index in [0.29, 0.717) is 4.88 Å². The van der Waals surface area contributed by atoms with Crippen LogP contribution in [-0.4, -0.2) is 5.97 Å². The van der Waals surface area contributed by atoms with Gasteiger partial charge in [-0.2, -0.15) is 0 Å². The molecule has 0 aliphatic carbocycles. The summed E-state index contributed by atoms with van der Waals surface area (Å²) in [5.74, 6) is -1.09. The Labute approximate surface area is 105 Å². The SMILES string of the molecule is CCc1cc(C(=O)[O-])sc1-c1ccc(C)cc1. The molecule has 0 atom stereocenters. The highest BCUT2D eigenvalue weighted by Crippen LogP contribution is 2.33. The molecule has 1 aromatic heterocycles. The van der Waals surface area contributed by atoms with Gasteiger partial charge in [-0.1, -0.05) is 36.8 Å². The molecule has 0 aliphatic rings. The summed E-state index contributed by atoms with van der Waals surface area (Å²) in [5.41, 5.74) is 3.34. The third kappa shape index (κ3) is 2.39. The van der Waals surface area contributed by atoms with Crippen LogP contribution < -0.4 is 5.11 Å². The Bertz CT molecular complexity index is 538. The fourth-order valence-corrected chi connectivity index (χ4v) is 2.83. The van der Waals surface area contributed by atoms with Crippen molar-refractivity contribution in [2.24, 2.45) is 0 Å². The number of hydrogen-bond acceptors (Lipinski definition) is 3. The summed E-state index contributed by atoms with van der Waals surface area (Å²) in [5, 5.41) is 10.9. The minimum absolute atomic E-state index is 0.303. The Hall–Kier alpha value is -1.61. The first-order valence-electron chi connectivity index (χ1n) is 5.53. The van der Waals surface area contributed by atoms with Crippen molar-refractivity contribution in [3.05, 3.63) is 46.3 Å². The number of carbonyl (C=O) groups excluding carboxylic acids is 1. The summed E-state index contributed by atoms with van der Waals surface area (Å²) >= 11 is 1.29. The molecule has 1 aromatic carbocycles. The highest BCUT2D eigenvalue weighted by atomic mass is 32.1. The van der Waals surface area contributed by atoms with Gasteiger partial charge in [0.05, 0.1) is 10.8 Å². The average molecular weight is 245 g/mol. The van der Waals surface area contributed by atoms with E-state index in [1.807, 2.05) is 38.1 Å². The van der Waals surface area contributed by atoms with E-state index in [9.17, 15) is 9.90 Å². The lowest BCUT2D eigenvalue weighted by Crippen LogP contribution is -2.20. The summed E-state index contributed by atoms with van der Waals surface area (Å²) < 4.78 is 0. The number of aromatic carboxylic acids is 1. The van der Waals surface area contributed by atoms with Crippen molar-refractivity contribution in [2.45, 2.75) is 20.3 Å². The summed E-state index contributed by atoms with van der Waals surface area (Å²) in [4.78, 5) is 12.2. The largest absolute Gasteiger partial charge is 0.544 e. The number of carbonyl (C=O) groups is 1. The first-order valence-corrected chi connectivity index (χ1v) is 6.34. The van der Waals surface area contributed by atoms with Gasteiger partial charge in [0, 0.05) is 4.88 Å². The van der Waals surface area contributed by atoms with Crippen molar-refractivity contribution in [1.29, 1.82) is 0 Å². The van der Waals surface area contributed by atoms with Crippen LogP contribution in [0, 0.1) is 6.92 Å². The average Bonchev–Trinajstić information content (AvgIpc) is 2.74. The van der Waals surface area contributed by atoms with Crippen LogP contribution >= 0.6 is 11.3 Å². The third-order valence-electron chi connectivity index (χ3n) is 2.70. The number of carboxylic acids is 1. The van der Waals surface area contributed by atoms with Crippen LogP contribution in [0.2, 0.25) is 0 Å². The molecule has 0 saturated heterocycles. The van der Waals surface area contributed by atoms with Gasteiger partial charge in [-0.3, -0.25) is 0 Å². The molecular weight excluding hydrogens is 232 g/mol. The molecule has 0 fully saturated rings. The molecule has 0 aliphatic heterocycles. The molecule has 0 N–H and O–H groups in total. The molecule has 0 spiro atoms. The summed E-state index contributed by atoms with van der Waals surface area (Å²) in [6.07, 6.45) is 0.826. The van der Waals surface area contributed by atoms with Crippen molar-refractivity contribution in [3.63, 3.8) is 0 Å². The Kier molecular flexibility index (Phi) is 3.29. The number of hydrogen-bond donors (Lipinski definition) is 0. The molecule has 0 unspecified atom stereocenters. The Morgan fingerprint density at radius 3 is 2.47 bits per heavy atom. The van der Waals surface area contributed by atoms with Gasteiger partial charge < -0.3 is 9.90 Å². The molecule has 2 aromatic rings. The van der Waals surface area contributed by atoms with Gasteiger partial charge in [-0.05, 0) is 30.5 Å². The van der Waals surface area contributed by atoms with Crippen LogP contribution in [0.3, 0.4) is 0 Å². The van der Waals surface area contributed by atoms with Crippen molar-refractivity contribution in [1.82, 2.24) is 0 Å². The van der Waals surface area contributed by atoms with Gasteiger partial charge in [-0.15, -0.1) is 11.3 Å². The van der Waals surface area contributed by atoms with Gasteiger partial charge >= 0.3 is 0 Å². The van der Waals surface area contributed by atoms with Gasteiger partial charge in [0.1, 0.15) is 0 Å². The molecule has 88 valence electrons.